The highest BCUT2D eigenvalue weighted by Gasteiger charge is 2.16. The van der Waals surface area contributed by atoms with Crippen LogP contribution < -0.4 is 10.1 Å². The average Bonchev–Trinajstić information content (AvgIpc) is 3.18. The summed E-state index contributed by atoms with van der Waals surface area (Å²) in [5.74, 6) is 2.37. The molecule has 0 amide bonds. The van der Waals surface area contributed by atoms with Gasteiger partial charge in [-0.3, -0.25) is 0 Å². The van der Waals surface area contributed by atoms with Crippen LogP contribution in [-0.2, 0) is 6.54 Å². The van der Waals surface area contributed by atoms with Crippen LogP contribution in [0.15, 0.2) is 48.5 Å². The van der Waals surface area contributed by atoms with Gasteiger partial charge < -0.3 is 20.1 Å². The van der Waals surface area contributed by atoms with Crippen LogP contribution in [-0.4, -0.2) is 28.3 Å². The molecular formula is C23H29N3O2. The predicted octanol–water partition coefficient (Wildman–Crippen LogP) is 4.35. The molecule has 1 fully saturated rings. The zero-order valence-electron chi connectivity index (χ0n) is 16.2. The summed E-state index contributed by atoms with van der Waals surface area (Å²) in [5, 5.41) is 13.1. The first-order valence-electron chi connectivity index (χ1n) is 10.3. The highest BCUT2D eigenvalue weighted by atomic mass is 16.5. The third-order valence-corrected chi connectivity index (χ3v) is 5.62. The van der Waals surface area contributed by atoms with Gasteiger partial charge in [-0.25, -0.2) is 4.98 Å². The number of H-pyrrole nitrogens is 1. The molecule has 0 spiro atoms. The molecule has 0 radical (unpaired) electrons. The van der Waals surface area contributed by atoms with E-state index < -0.39 is 0 Å². The van der Waals surface area contributed by atoms with E-state index in [0.29, 0.717) is 12.5 Å². The fourth-order valence-electron chi connectivity index (χ4n) is 4.01. The van der Waals surface area contributed by atoms with Crippen LogP contribution in [0, 0.1) is 5.92 Å². The van der Waals surface area contributed by atoms with Crippen molar-refractivity contribution in [2.45, 2.75) is 44.7 Å². The lowest BCUT2D eigenvalue weighted by atomic mass is 9.90. The van der Waals surface area contributed by atoms with Crippen molar-refractivity contribution >= 4 is 11.0 Å². The largest absolute Gasteiger partial charge is 0.491 e. The second-order valence-corrected chi connectivity index (χ2v) is 7.68. The minimum Gasteiger partial charge on any atom is -0.491 e. The van der Waals surface area contributed by atoms with Crippen LogP contribution in [0.3, 0.4) is 0 Å². The van der Waals surface area contributed by atoms with Gasteiger partial charge in [0.05, 0.1) is 31.3 Å². The SMILES string of the molecule is OCC(NCc1nc2c(OCC3CCCCC3)cccc2[nH]1)c1ccccc1. The first kappa shape index (κ1) is 19.0. The van der Waals surface area contributed by atoms with Crippen molar-refractivity contribution in [1.29, 1.82) is 0 Å². The number of fused-ring (bicyclic) bond motifs is 1. The topological polar surface area (TPSA) is 70.2 Å². The maximum Gasteiger partial charge on any atom is 0.147 e. The third kappa shape index (κ3) is 4.54. The van der Waals surface area contributed by atoms with Crippen LogP contribution >= 0.6 is 0 Å². The molecule has 2 aromatic carbocycles. The lowest BCUT2D eigenvalue weighted by Gasteiger charge is -2.21. The molecule has 0 bridgehead atoms. The van der Waals surface area contributed by atoms with Crippen LogP contribution in [0.1, 0.15) is 49.5 Å². The van der Waals surface area contributed by atoms with Gasteiger partial charge in [0.25, 0.3) is 0 Å². The number of nitrogens with zero attached hydrogens (tertiary/aromatic N) is 1. The van der Waals surface area contributed by atoms with Gasteiger partial charge in [-0.05, 0) is 36.5 Å². The summed E-state index contributed by atoms with van der Waals surface area (Å²) >= 11 is 0. The fraction of sp³-hybridized carbons (Fsp3) is 0.435. The van der Waals surface area contributed by atoms with Crippen LogP contribution in [0.25, 0.3) is 11.0 Å². The van der Waals surface area contributed by atoms with Gasteiger partial charge in [-0.2, -0.15) is 0 Å². The molecule has 1 aromatic heterocycles. The summed E-state index contributed by atoms with van der Waals surface area (Å²) in [4.78, 5) is 8.12. The molecule has 1 atom stereocenters. The minimum atomic E-state index is -0.114. The van der Waals surface area contributed by atoms with E-state index in [1.165, 1.54) is 32.1 Å². The van der Waals surface area contributed by atoms with Crippen molar-refractivity contribution in [3.05, 3.63) is 59.9 Å². The molecule has 3 aromatic rings. The van der Waals surface area contributed by atoms with Crippen molar-refractivity contribution in [3.63, 3.8) is 0 Å². The molecule has 1 aliphatic carbocycles. The summed E-state index contributed by atoms with van der Waals surface area (Å²) in [7, 11) is 0. The molecule has 3 N–H and O–H groups in total. The van der Waals surface area contributed by atoms with Gasteiger partial charge in [-0.1, -0.05) is 55.7 Å². The van der Waals surface area contributed by atoms with Gasteiger partial charge in [0.15, 0.2) is 0 Å². The number of aliphatic hydroxyl groups is 1. The number of hydrogen-bond donors (Lipinski definition) is 3. The highest BCUT2D eigenvalue weighted by molar-refractivity contribution is 5.81. The molecule has 1 heterocycles. The molecule has 5 nitrogen and oxygen atoms in total. The maximum atomic E-state index is 9.72. The first-order valence-corrected chi connectivity index (χ1v) is 10.3. The van der Waals surface area contributed by atoms with Gasteiger partial charge in [-0.15, -0.1) is 0 Å². The highest BCUT2D eigenvalue weighted by Crippen LogP contribution is 2.28. The van der Waals surface area contributed by atoms with Crippen molar-refractivity contribution in [2.75, 3.05) is 13.2 Å². The van der Waals surface area contributed by atoms with E-state index in [-0.39, 0.29) is 12.6 Å². The number of nitrogens with one attached hydrogen (secondary N) is 2. The Bertz CT molecular complexity index is 872. The Morgan fingerprint density at radius 3 is 2.68 bits per heavy atom. The van der Waals surface area contributed by atoms with E-state index in [0.717, 1.165) is 34.8 Å². The van der Waals surface area contributed by atoms with Crippen molar-refractivity contribution in [3.8, 4) is 5.75 Å². The molecule has 5 heteroatoms. The lowest BCUT2D eigenvalue weighted by molar-refractivity contribution is 0.210. The quantitative estimate of drug-likeness (QED) is 0.544. The molecule has 0 saturated heterocycles. The molecular weight excluding hydrogens is 350 g/mol. The Kier molecular flexibility index (Phi) is 6.24. The van der Waals surface area contributed by atoms with Gasteiger partial charge >= 0.3 is 0 Å². The molecule has 1 unspecified atom stereocenters. The summed E-state index contributed by atoms with van der Waals surface area (Å²) < 4.78 is 6.15. The maximum absolute atomic E-state index is 9.72. The van der Waals surface area contributed by atoms with Crippen molar-refractivity contribution in [1.82, 2.24) is 15.3 Å². The van der Waals surface area contributed by atoms with E-state index in [4.69, 9.17) is 9.72 Å². The number of hydrogen-bond acceptors (Lipinski definition) is 4. The predicted molar refractivity (Wildman–Crippen MR) is 111 cm³/mol. The molecule has 4 rings (SSSR count). The Morgan fingerprint density at radius 1 is 1.07 bits per heavy atom. The normalized spacial score (nSPS) is 16.3. The van der Waals surface area contributed by atoms with Crippen molar-refractivity contribution in [2.24, 2.45) is 5.92 Å². The average molecular weight is 380 g/mol. The first-order chi connectivity index (χ1) is 13.8. The molecule has 28 heavy (non-hydrogen) atoms. The zero-order chi connectivity index (χ0) is 19.2. The number of aromatic amines is 1. The van der Waals surface area contributed by atoms with Crippen LogP contribution in [0.4, 0.5) is 0 Å². The van der Waals surface area contributed by atoms with Gasteiger partial charge in [0.2, 0.25) is 0 Å². The second kappa shape index (κ2) is 9.22. The third-order valence-electron chi connectivity index (χ3n) is 5.62. The number of benzene rings is 2. The Balaban J connectivity index is 1.42. The molecule has 1 saturated carbocycles. The minimum absolute atomic E-state index is 0.0417. The van der Waals surface area contributed by atoms with Gasteiger partial charge in [0, 0.05) is 0 Å². The second-order valence-electron chi connectivity index (χ2n) is 7.68. The lowest BCUT2D eigenvalue weighted by Crippen LogP contribution is -2.24. The number of ether oxygens (including phenoxy) is 1. The Hall–Kier alpha value is -2.37. The summed E-state index contributed by atoms with van der Waals surface area (Å²) in [6, 6.07) is 15.9. The van der Waals surface area contributed by atoms with Crippen LogP contribution in [0.2, 0.25) is 0 Å². The number of para-hydroxylation sites is 1. The molecule has 1 aliphatic rings. The van der Waals surface area contributed by atoms with Crippen LogP contribution in [0.5, 0.6) is 5.75 Å². The standard InChI is InChI=1S/C23H29N3O2/c27-15-20(18-10-5-2-6-11-18)24-14-22-25-19-12-7-13-21(23(19)26-22)28-16-17-8-3-1-4-9-17/h2,5-7,10-13,17,20,24,27H,1,3-4,8-9,14-16H2,(H,25,26). The van der Waals surface area contributed by atoms with E-state index in [1.54, 1.807) is 0 Å². The number of rotatable bonds is 8. The Labute approximate surface area is 166 Å². The van der Waals surface area contributed by atoms with E-state index in [9.17, 15) is 5.11 Å². The smallest absolute Gasteiger partial charge is 0.147 e. The number of imidazole rings is 1. The van der Waals surface area contributed by atoms with Crippen molar-refractivity contribution < 1.29 is 9.84 Å². The summed E-state index contributed by atoms with van der Waals surface area (Å²) in [6.45, 7) is 1.37. The van der Waals surface area contributed by atoms with E-state index >= 15 is 0 Å². The van der Waals surface area contributed by atoms with E-state index in [2.05, 4.69) is 10.3 Å². The molecule has 0 aliphatic heterocycles. The zero-order valence-corrected chi connectivity index (χ0v) is 16.2. The number of aliphatic hydroxyl groups excluding tert-OH is 1. The van der Waals surface area contributed by atoms with E-state index in [1.807, 2.05) is 48.5 Å². The number of aromatic nitrogens is 2. The fourth-order valence-corrected chi connectivity index (χ4v) is 4.01. The summed E-state index contributed by atoms with van der Waals surface area (Å²) in [6.07, 6.45) is 6.55. The summed E-state index contributed by atoms with van der Waals surface area (Å²) in [5.41, 5.74) is 2.94. The monoisotopic (exact) mass is 379 g/mol. The van der Waals surface area contributed by atoms with Gasteiger partial charge in [0.1, 0.15) is 17.1 Å². The molecule has 148 valence electrons. The Morgan fingerprint density at radius 2 is 1.89 bits per heavy atom.